The van der Waals surface area contributed by atoms with Crippen molar-refractivity contribution in [1.29, 1.82) is 15.9 Å². The Morgan fingerprint density at radius 1 is 1.21 bits per heavy atom. The molecule has 0 aromatic heterocycles. The number of amidine groups is 1. The number of benzene rings is 1. The molecule has 4 bridgehead atoms. The highest BCUT2D eigenvalue weighted by atomic mass is 19.1. The van der Waals surface area contributed by atoms with Gasteiger partial charge in [0.05, 0.1) is 12.1 Å². The Bertz CT molecular complexity index is 883. The lowest BCUT2D eigenvalue weighted by molar-refractivity contribution is -0.332. The summed E-state index contributed by atoms with van der Waals surface area (Å²) >= 11 is 0. The van der Waals surface area contributed by atoms with Crippen LogP contribution in [0.1, 0.15) is 25.5 Å². The molecule has 120 valence electrons. The monoisotopic (exact) mass is 324 g/mol. The van der Waals surface area contributed by atoms with Gasteiger partial charge < -0.3 is 9.47 Å². The summed E-state index contributed by atoms with van der Waals surface area (Å²) in [5.74, 6) is -2.33. The summed E-state index contributed by atoms with van der Waals surface area (Å²) in [5, 5.41) is 28.3. The highest BCUT2D eigenvalue weighted by Crippen LogP contribution is 2.69. The Labute approximate surface area is 137 Å². The van der Waals surface area contributed by atoms with Crippen LogP contribution >= 0.6 is 0 Å². The molecule has 4 aliphatic heterocycles. The largest absolute Gasteiger partial charge is 0.447 e. The highest BCUT2D eigenvalue weighted by molar-refractivity contribution is 6.12. The molecule has 0 spiro atoms. The van der Waals surface area contributed by atoms with Crippen molar-refractivity contribution in [1.82, 2.24) is 0 Å². The van der Waals surface area contributed by atoms with Crippen molar-refractivity contribution in [3.05, 3.63) is 35.6 Å². The maximum atomic E-state index is 13.3. The van der Waals surface area contributed by atoms with Crippen LogP contribution in [0.4, 0.5) is 4.39 Å². The molecule has 5 atom stereocenters. The highest BCUT2D eigenvalue weighted by Gasteiger charge is 2.81. The number of halogens is 1. The molecule has 7 heteroatoms. The van der Waals surface area contributed by atoms with Crippen LogP contribution in [-0.4, -0.2) is 17.5 Å². The van der Waals surface area contributed by atoms with Gasteiger partial charge in [0, 0.05) is 12.8 Å². The smallest absolute Gasteiger partial charge is 0.218 e. The lowest BCUT2D eigenvalue weighted by atomic mass is 9.51. The van der Waals surface area contributed by atoms with Gasteiger partial charge in [0.1, 0.15) is 17.8 Å². The summed E-state index contributed by atoms with van der Waals surface area (Å²) < 4.78 is 25.1. The third-order valence-corrected chi connectivity index (χ3v) is 5.55. The maximum Gasteiger partial charge on any atom is 0.218 e. The van der Waals surface area contributed by atoms with Crippen LogP contribution in [0.2, 0.25) is 0 Å². The summed E-state index contributed by atoms with van der Waals surface area (Å²) in [6.07, 6.45) is -0.876. The second-order valence-electron chi connectivity index (χ2n) is 6.49. The lowest BCUT2D eigenvalue weighted by Gasteiger charge is -2.59. The molecule has 6 nitrogen and oxygen atoms in total. The molecule has 5 rings (SSSR count). The van der Waals surface area contributed by atoms with Gasteiger partial charge in [-0.2, -0.15) is 15.5 Å². The molecule has 4 aliphatic rings. The molecule has 0 saturated carbocycles. The lowest BCUT2D eigenvalue weighted by Crippen LogP contribution is -2.70. The van der Waals surface area contributed by atoms with E-state index in [1.54, 1.807) is 13.8 Å². The second-order valence-corrected chi connectivity index (χ2v) is 6.49. The molecule has 1 N–H and O–H groups in total. The van der Waals surface area contributed by atoms with Crippen LogP contribution in [0.3, 0.4) is 0 Å². The average molecular weight is 324 g/mol. The number of ether oxygens (including phenoxy) is 2. The van der Waals surface area contributed by atoms with Crippen molar-refractivity contribution in [3.63, 3.8) is 0 Å². The number of nitrogens with one attached hydrogen (secondary N) is 1. The van der Waals surface area contributed by atoms with E-state index in [0.717, 1.165) is 0 Å². The van der Waals surface area contributed by atoms with Gasteiger partial charge in [0.25, 0.3) is 0 Å². The number of hydrogen-bond donors (Lipinski definition) is 1. The van der Waals surface area contributed by atoms with Gasteiger partial charge in [0.2, 0.25) is 11.7 Å². The Balaban J connectivity index is 2.02. The molecular weight excluding hydrogens is 311 g/mol. The summed E-state index contributed by atoms with van der Waals surface area (Å²) in [4.78, 5) is 4.09. The fraction of sp³-hybridized carbons (Fsp3) is 0.412. The number of rotatable bonds is 1. The quantitative estimate of drug-likeness (QED) is 0.857. The standard InChI is InChI=1S/C17H13FN4O2/c1-9-15(2)23-12(10-3-5-11(18)6-4-10)17(8-20)14(24-15)22-13(21)16(9,17)7-19/h3-6,9,12,21H,1-2H3/t9-,12+,15+,16-,17-/m0/s1. The van der Waals surface area contributed by atoms with Crippen molar-refractivity contribution in [2.45, 2.75) is 25.7 Å². The van der Waals surface area contributed by atoms with Crippen molar-refractivity contribution in [3.8, 4) is 12.1 Å². The first-order valence-corrected chi connectivity index (χ1v) is 7.48. The van der Waals surface area contributed by atoms with Crippen LogP contribution in [0.25, 0.3) is 0 Å². The van der Waals surface area contributed by atoms with E-state index in [-0.39, 0.29) is 11.7 Å². The van der Waals surface area contributed by atoms with E-state index in [0.29, 0.717) is 5.56 Å². The van der Waals surface area contributed by atoms with Crippen molar-refractivity contribution < 1.29 is 13.9 Å². The van der Waals surface area contributed by atoms with Crippen LogP contribution < -0.4 is 0 Å². The van der Waals surface area contributed by atoms with Crippen molar-refractivity contribution in [2.75, 3.05) is 0 Å². The number of hydrogen-bond acceptors (Lipinski definition) is 5. The summed E-state index contributed by atoms with van der Waals surface area (Å²) in [6.45, 7) is 3.40. The molecule has 0 aliphatic carbocycles. The minimum atomic E-state index is -1.56. The number of fused-ring (bicyclic) bond motifs is 1. The molecule has 0 radical (unpaired) electrons. The first-order chi connectivity index (χ1) is 11.4. The van der Waals surface area contributed by atoms with Gasteiger partial charge in [-0.05, 0) is 17.7 Å². The number of nitriles is 2. The Morgan fingerprint density at radius 3 is 2.42 bits per heavy atom. The van der Waals surface area contributed by atoms with Gasteiger partial charge in [-0.15, -0.1) is 0 Å². The molecular formula is C17H13FN4O2. The van der Waals surface area contributed by atoms with E-state index in [4.69, 9.17) is 14.9 Å². The molecule has 1 aromatic carbocycles. The van der Waals surface area contributed by atoms with E-state index < -0.39 is 34.5 Å². The third-order valence-electron chi connectivity index (χ3n) is 5.55. The maximum absolute atomic E-state index is 13.3. The molecule has 3 saturated heterocycles. The summed E-state index contributed by atoms with van der Waals surface area (Å²) in [6, 6.07) is 9.91. The van der Waals surface area contributed by atoms with Crippen LogP contribution in [0.15, 0.2) is 29.3 Å². The van der Waals surface area contributed by atoms with E-state index >= 15 is 0 Å². The Kier molecular flexibility index (Phi) is 2.59. The van der Waals surface area contributed by atoms with Crippen molar-refractivity contribution >= 4 is 11.7 Å². The van der Waals surface area contributed by atoms with Gasteiger partial charge in [0.15, 0.2) is 10.8 Å². The van der Waals surface area contributed by atoms with E-state index in [1.165, 1.54) is 24.3 Å². The molecule has 3 fully saturated rings. The fourth-order valence-corrected chi connectivity index (χ4v) is 4.11. The van der Waals surface area contributed by atoms with Gasteiger partial charge in [-0.3, -0.25) is 5.41 Å². The van der Waals surface area contributed by atoms with Gasteiger partial charge in [-0.1, -0.05) is 19.1 Å². The topological polar surface area (TPSA) is 102 Å². The van der Waals surface area contributed by atoms with E-state index in [2.05, 4.69) is 17.1 Å². The van der Waals surface area contributed by atoms with Crippen LogP contribution in [0, 0.1) is 50.6 Å². The minimum Gasteiger partial charge on any atom is -0.447 e. The summed E-state index contributed by atoms with van der Waals surface area (Å²) in [7, 11) is 0. The summed E-state index contributed by atoms with van der Waals surface area (Å²) in [5.41, 5.74) is -2.49. The SMILES string of the molecule is C[C@H]1[C@@]2(C)OC3=NC(=N)[C@@]1(C#N)[C@@]3(C#N)[C@@H](c1ccc(F)cc1)O2. The first-order valence-electron chi connectivity index (χ1n) is 7.48. The zero-order valence-corrected chi connectivity index (χ0v) is 13.0. The molecule has 0 amide bonds. The molecule has 1 aromatic rings. The molecule has 4 heterocycles. The minimum absolute atomic E-state index is 0.0396. The fourth-order valence-electron chi connectivity index (χ4n) is 4.11. The first kappa shape index (κ1) is 14.8. The zero-order valence-electron chi connectivity index (χ0n) is 13.0. The van der Waals surface area contributed by atoms with E-state index in [1.807, 2.05) is 0 Å². The van der Waals surface area contributed by atoms with Crippen molar-refractivity contribution in [2.24, 2.45) is 21.7 Å². The predicted molar refractivity (Wildman–Crippen MR) is 80.1 cm³/mol. The normalized spacial score (nSPS) is 42.0. The molecule has 0 unspecified atom stereocenters. The Hall–Kier alpha value is -2.77. The van der Waals surface area contributed by atoms with E-state index in [9.17, 15) is 14.9 Å². The van der Waals surface area contributed by atoms with Crippen LogP contribution in [0.5, 0.6) is 0 Å². The average Bonchev–Trinajstić information content (AvgIpc) is 2.78. The predicted octanol–water partition coefficient (Wildman–Crippen LogP) is 2.69. The van der Waals surface area contributed by atoms with Crippen LogP contribution in [-0.2, 0) is 9.47 Å². The second kappa shape index (κ2) is 4.19. The Morgan fingerprint density at radius 2 is 1.83 bits per heavy atom. The number of nitrogens with zero attached hydrogens (tertiary/aromatic N) is 3. The molecule has 24 heavy (non-hydrogen) atoms. The van der Waals surface area contributed by atoms with Gasteiger partial charge in [-0.25, -0.2) is 4.39 Å². The van der Waals surface area contributed by atoms with Gasteiger partial charge >= 0.3 is 0 Å². The zero-order chi connectivity index (χ0) is 17.3. The number of aliphatic imine (C=N–C) groups is 1. The third kappa shape index (κ3) is 1.30.